The van der Waals surface area contributed by atoms with Crippen molar-refractivity contribution in [2.75, 3.05) is 18.8 Å². The van der Waals surface area contributed by atoms with E-state index < -0.39 is 10.0 Å². The molecule has 0 radical (unpaired) electrons. The maximum atomic E-state index is 12.2. The second-order valence-corrected chi connectivity index (χ2v) is 6.08. The summed E-state index contributed by atoms with van der Waals surface area (Å²) in [7, 11) is -3.46. The summed E-state index contributed by atoms with van der Waals surface area (Å²) in [5.74, 6) is 0.410. The van der Waals surface area contributed by atoms with Crippen LogP contribution in [0.2, 0.25) is 0 Å². The molecule has 0 aromatic carbocycles. The second-order valence-electron chi connectivity index (χ2n) is 4.17. The van der Waals surface area contributed by atoms with Gasteiger partial charge in [0.2, 0.25) is 10.0 Å². The summed E-state index contributed by atoms with van der Waals surface area (Å²) in [6.45, 7) is 3.18. The van der Waals surface area contributed by atoms with Gasteiger partial charge in [0.1, 0.15) is 4.90 Å². The summed E-state index contributed by atoms with van der Waals surface area (Å²) in [6.07, 6.45) is 3.70. The molecule has 0 aliphatic carbocycles. The molecular weight excluding hydrogens is 226 g/mol. The zero-order valence-corrected chi connectivity index (χ0v) is 9.94. The average Bonchev–Trinajstić information content (AvgIpc) is 2.66. The molecule has 1 unspecified atom stereocenters. The van der Waals surface area contributed by atoms with Crippen molar-refractivity contribution in [3.63, 3.8) is 0 Å². The Kier molecular flexibility index (Phi) is 2.86. The van der Waals surface area contributed by atoms with Crippen LogP contribution in [0.3, 0.4) is 0 Å². The van der Waals surface area contributed by atoms with Gasteiger partial charge in [-0.15, -0.1) is 0 Å². The third-order valence-corrected chi connectivity index (χ3v) is 4.73. The molecule has 0 bridgehead atoms. The lowest BCUT2D eigenvalue weighted by atomic mass is 10.2. The fourth-order valence-electron chi connectivity index (χ4n) is 1.86. The topological polar surface area (TPSA) is 76.3 Å². The summed E-state index contributed by atoms with van der Waals surface area (Å²) in [5, 5.41) is 0. The van der Waals surface area contributed by atoms with Gasteiger partial charge >= 0.3 is 0 Å². The summed E-state index contributed by atoms with van der Waals surface area (Å²) in [6, 6.07) is 1.51. The van der Waals surface area contributed by atoms with E-state index in [1.807, 2.05) is 6.92 Å². The number of aromatic nitrogens is 1. The van der Waals surface area contributed by atoms with Crippen molar-refractivity contribution >= 4 is 15.7 Å². The largest absolute Gasteiger partial charge is 0.398 e. The van der Waals surface area contributed by atoms with Gasteiger partial charge in [-0.05, 0) is 18.4 Å². The highest BCUT2D eigenvalue weighted by Gasteiger charge is 2.31. The molecule has 2 N–H and O–H groups in total. The predicted octanol–water partition coefficient (Wildman–Crippen LogP) is 0.694. The first-order chi connectivity index (χ1) is 7.51. The van der Waals surface area contributed by atoms with Crippen LogP contribution in [0.1, 0.15) is 13.3 Å². The molecule has 1 atom stereocenters. The van der Waals surface area contributed by atoms with Crippen LogP contribution in [0.4, 0.5) is 5.69 Å². The van der Waals surface area contributed by atoms with Crippen LogP contribution >= 0.6 is 0 Å². The summed E-state index contributed by atoms with van der Waals surface area (Å²) < 4.78 is 25.9. The van der Waals surface area contributed by atoms with E-state index in [2.05, 4.69) is 4.98 Å². The lowest BCUT2D eigenvalue weighted by Crippen LogP contribution is -2.29. The van der Waals surface area contributed by atoms with Crippen LogP contribution in [-0.2, 0) is 10.0 Å². The van der Waals surface area contributed by atoms with Gasteiger partial charge < -0.3 is 5.73 Å². The van der Waals surface area contributed by atoms with Gasteiger partial charge in [-0.2, -0.15) is 4.31 Å². The Bertz CT molecular complexity index is 487. The van der Waals surface area contributed by atoms with Crippen molar-refractivity contribution < 1.29 is 8.42 Å². The Morgan fingerprint density at radius 2 is 2.31 bits per heavy atom. The van der Waals surface area contributed by atoms with E-state index in [0.29, 0.717) is 19.0 Å². The average molecular weight is 241 g/mol. The Morgan fingerprint density at radius 1 is 1.56 bits per heavy atom. The van der Waals surface area contributed by atoms with Crippen molar-refractivity contribution in [3.05, 3.63) is 18.5 Å². The van der Waals surface area contributed by atoms with E-state index in [9.17, 15) is 8.42 Å². The van der Waals surface area contributed by atoms with E-state index in [-0.39, 0.29) is 10.6 Å². The van der Waals surface area contributed by atoms with Crippen molar-refractivity contribution in [3.8, 4) is 0 Å². The fraction of sp³-hybridized carbons (Fsp3) is 0.500. The maximum Gasteiger partial charge on any atom is 0.246 e. The minimum atomic E-state index is -3.46. The molecule has 6 heteroatoms. The minimum Gasteiger partial charge on any atom is -0.398 e. The highest BCUT2D eigenvalue weighted by atomic mass is 32.2. The molecule has 0 spiro atoms. The first kappa shape index (κ1) is 11.3. The highest BCUT2D eigenvalue weighted by molar-refractivity contribution is 7.89. The number of hydrogen-bond acceptors (Lipinski definition) is 4. The Balaban J connectivity index is 2.36. The number of hydrogen-bond donors (Lipinski definition) is 1. The molecule has 1 aromatic heterocycles. The molecule has 16 heavy (non-hydrogen) atoms. The smallest absolute Gasteiger partial charge is 0.246 e. The number of anilines is 1. The third kappa shape index (κ3) is 1.90. The fourth-order valence-corrected chi connectivity index (χ4v) is 3.49. The van der Waals surface area contributed by atoms with Crippen molar-refractivity contribution in [1.82, 2.24) is 9.29 Å². The quantitative estimate of drug-likeness (QED) is 0.826. The number of sulfonamides is 1. The number of pyridine rings is 1. The zero-order valence-electron chi connectivity index (χ0n) is 9.13. The van der Waals surface area contributed by atoms with Gasteiger partial charge in [0, 0.05) is 25.5 Å². The predicted molar refractivity (Wildman–Crippen MR) is 61.2 cm³/mol. The first-order valence-corrected chi connectivity index (χ1v) is 6.65. The van der Waals surface area contributed by atoms with E-state index in [1.54, 1.807) is 0 Å². The molecule has 1 aliphatic rings. The van der Waals surface area contributed by atoms with Crippen LogP contribution in [-0.4, -0.2) is 30.8 Å². The molecule has 0 saturated carbocycles. The van der Waals surface area contributed by atoms with Crippen LogP contribution in [0, 0.1) is 5.92 Å². The van der Waals surface area contributed by atoms with Crippen molar-refractivity contribution in [1.29, 1.82) is 0 Å². The van der Waals surface area contributed by atoms with Gasteiger partial charge in [-0.3, -0.25) is 4.98 Å². The normalized spacial score (nSPS) is 22.4. The van der Waals surface area contributed by atoms with E-state index in [4.69, 9.17) is 5.73 Å². The molecule has 5 nitrogen and oxygen atoms in total. The Labute approximate surface area is 95.3 Å². The zero-order chi connectivity index (χ0) is 11.8. The molecular formula is C10H15N3O2S. The molecule has 1 fully saturated rings. The molecule has 1 aliphatic heterocycles. The highest BCUT2D eigenvalue weighted by Crippen LogP contribution is 2.26. The molecule has 88 valence electrons. The van der Waals surface area contributed by atoms with Crippen molar-refractivity contribution in [2.45, 2.75) is 18.2 Å². The van der Waals surface area contributed by atoms with Gasteiger partial charge in [-0.1, -0.05) is 6.92 Å². The molecule has 1 aromatic rings. The van der Waals surface area contributed by atoms with Crippen LogP contribution < -0.4 is 5.73 Å². The third-order valence-electron chi connectivity index (χ3n) is 2.82. The summed E-state index contributed by atoms with van der Waals surface area (Å²) in [5.41, 5.74) is 5.92. The summed E-state index contributed by atoms with van der Waals surface area (Å²) >= 11 is 0. The van der Waals surface area contributed by atoms with Gasteiger partial charge in [-0.25, -0.2) is 8.42 Å². The number of nitrogens with two attached hydrogens (primary N) is 1. The van der Waals surface area contributed by atoms with E-state index >= 15 is 0 Å². The Hall–Kier alpha value is -1.14. The second kappa shape index (κ2) is 4.03. The van der Waals surface area contributed by atoms with E-state index in [0.717, 1.165) is 6.42 Å². The number of nitrogen functional groups attached to an aromatic ring is 1. The molecule has 0 amide bonds. The minimum absolute atomic E-state index is 0.115. The Morgan fingerprint density at radius 3 is 2.88 bits per heavy atom. The summed E-state index contributed by atoms with van der Waals surface area (Å²) in [4.78, 5) is 3.93. The maximum absolute atomic E-state index is 12.2. The number of nitrogens with zero attached hydrogens (tertiary/aromatic N) is 2. The van der Waals surface area contributed by atoms with Crippen LogP contribution in [0.15, 0.2) is 23.4 Å². The van der Waals surface area contributed by atoms with Gasteiger partial charge in [0.25, 0.3) is 0 Å². The monoisotopic (exact) mass is 241 g/mol. The molecule has 2 rings (SSSR count). The molecule has 1 saturated heterocycles. The lowest BCUT2D eigenvalue weighted by Gasteiger charge is -2.16. The van der Waals surface area contributed by atoms with Crippen molar-refractivity contribution in [2.24, 2.45) is 5.92 Å². The molecule has 2 heterocycles. The standard InChI is InChI=1S/C10H15N3O2S/c1-8-3-5-13(7-8)16(14,15)10-6-12-4-2-9(10)11/h2,4,6,8H,3,5,7H2,1H3,(H2,11,12). The van der Waals surface area contributed by atoms with Gasteiger partial charge in [0.15, 0.2) is 0 Å². The lowest BCUT2D eigenvalue weighted by molar-refractivity contribution is 0.464. The SMILES string of the molecule is CC1CCN(S(=O)(=O)c2cnccc2N)C1. The van der Waals surface area contributed by atoms with Crippen LogP contribution in [0.5, 0.6) is 0 Å². The van der Waals surface area contributed by atoms with Crippen LogP contribution in [0.25, 0.3) is 0 Å². The first-order valence-electron chi connectivity index (χ1n) is 5.21. The van der Waals surface area contributed by atoms with Gasteiger partial charge in [0.05, 0.1) is 5.69 Å². The number of rotatable bonds is 2. The van der Waals surface area contributed by atoms with E-state index in [1.165, 1.54) is 22.8 Å².